The maximum absolute atomic E-state index is 9.50. The molecular formula is C17H18N4. The normalized spacial score (nSPS) is 17.2. The van der Waals surface area contributed by atoms with E-state index in [9.17, 15) is 5.26 Å². The SMILES string of the molecule is N#CC(c1ccccc1)N1CCN(c2ccccn2)CC1. The summed E-state index contributed by atoms with van der Waals surface area (Å²) < 4.78 is 0. The highest BCUT2D eigenvalue weighted by Crippen LogP contribution is 2.22. The topological polar surface area (TPSA) is 43.2 Å². The number of piperazine rings is 1. The Bertz CT molecular complexity index is 598. The quantitative estimate of drug-likeness (QED) is 0.865. The number of benzene rings is 1. The average molecular weight is 278 g/mol. The molecule has 2 heterocycles. The molecule has 0 spiro atoms. The second kappa shape index (κ2) is 6.38. The minimum Gasteiger partial charge on any atom is -0.354 e. The minimum atomic E-state index is -0.155. The van der Waals surface area contributed by atoms with Crippen molar-refractivity contribution in [2.45, 2.75) is 6.04 Å². The number of hydrogen-bond donors (Lipinski definition) is 0. The summed E-state index contributed by atoms with van der Waals surface area (Å²) in [4.78, 5) is 8.91. The van der Waals surface area contributed by atoms with Gasteiger partial charge in [0, 0.05) is 32.4 Å². The van der Waals surface area contributed by atoms with Crippen molar-refractivity contribution in [3.63, 3.8) is 0 Å². The fourth-order valence-corrected chi connectivity index (χ4v) is 2.75. The molecule has 1 atom stereocenters. The van der Waals surface area contributed by atoms with E-state index in [1.807, 2.05) is 54.7 Å². The van der Waals surface area contributed by atoms with Crippen LogP contribution in [0.25, 0.3) is 0 Å². The highest BCUT2D eigenvalue weighted by molar-refractivity contribution is 5.38. The first kappa shape index (κ1) is 13.6. The Morgan fingerprint density at radius 2 is 1.67 bits per heavy atom. The zero-order valence-corrected chi connectivity index (χ0v) is 11.9. The highest BCUT2D eigenvalue weighted by Gasteiger charge is 2.25. The summed E-state index contributed by atoms with van der Waals surface area (Å²) in [6.45, 7) is 3.57. The van der Waals surface area contributed by atoms with Gasteiger partial charge >= 0.3 is 0 Å². The summed E-state index contributed by atoms with van der Waals surface area (Å²) in [6, 6.07) is 18.3. The average Bonchev–Trinajstić information content (AvgIpc) is 2.58. The van der Waals surface area contributed by atoms with Gasteiger partial charge in [0.05, 0.1) is 6.07 Å². The van der Waals surface area contributed by atoms with Crippen LogP contribution in [0.15, 0.2) is 54.7 Å². The van der Waals surface area contributed by atoms with Crippen molar-refractivity contribution in [1.82, 2.24) is 9.88 Å². The van der Waals surface area contributed by atoms with Gasteiger partial charge in [0.1, 0.15) is 11.9 Å². The summed E-state index contributed by atoms with van der Waals surface area (Å²) in [6.07, 6.45) is 1.82. The van der Waals surface area contributed by atoms with Crippen LogP contribution in [0.2, 0.25) is 0 Å². The number of aromatic nitrogens is 1. The molecule has 0 aliphatic carbocycles. The molecule has 1 aromatic carbocycles. The fraction of sp³-hybridized carbons (Fsp3) is 0.294. The molecule has 4 nitrogen and oxygen atoms in total. The van der Waals surface area contributed by atoms with Crippen molar-refractivity contribution in [3.8, 4) is 6.07 Å². The summed E-state index contributed by atoms with van der Waals surface area (Å²) in [7, 11) is 0. The smallest absolute Gasteiger partial charge is 0.128 e. The van der Waals surface area contributed by atoms with Crippen LogP contribution in [-0.2, 0) is 0 Å². The Morgan fingerprint density at radius 1 is 0.952 bits per heavy atom. The second-order valence-corrected chi connectivity index (χ2v) is 5.15. The number of nitrogens with zero attached hydrogens (tertiary/aromatic N) is 4. The van der Waals surface area contributed by atoms with Crippen molar-refractivity contribution in [2.24, 2.45) is 0 Å². The summed E-state index contributed by atoms with van der Waals surface area (Å²) in [5.74, 6) is 1.02. The largest absolute Gasteiger partial charge is 0.354 e. The third-order valence-electron chi connectivity index (χ3n) is 3.89. The summed E-state index contributed by atoms with van der Waals surface area (Å²) >= 11 is 0. The van der Waals surface area contributed by atoms with Crippen molar-refractivity contribution >= 4 is 5.82 Å². The van der Waals surface area contributed by atoms with Crippen molar-refractivity contribution in [3.05, 3.63) is 60.3 Å². The molecule has 1 fully saturated rings. The van der Waals surface area contributed by atoms with E-state index >= 15 is 0 Å². The first-order valence-corrected chi connectivity index (χ1v) is 7.23. The van der Waals surface area contributed by atoms with Crippen LogP contribution in [-0.4, -0.2) is 36.1 Å². The van der Waals surface area contributed by atoms with Crippen LogP contribution >= 0.6 is 0 Å². The molecule has 4 heteroatoms. The Morgan fingerprint density at radius 3 is 2.29 bits per heavy atom. The van der Waals surface area contributed by atoms with Gasteiger partial charge in [0.15, 0.2) is 0 Å². The highest BCUT2D eigenvalue weighted by atomic mass is 15.3. The third kappa shape index (κ3) is 3.04. The Kier molecular flexibility index (Phi) is 4.13. The Labute approximate surface area is 125 Å². The standard InChI is InChI=1S/C17H18N4/c18-14-16(15-6-2-1-3-7-15)20-10-12-21(13-11-20)17-8-4-5-9-19-17/h1-9,16H,10-13H2. The van der Waals surface area contributed by atoms with Gasteiger partial charge in [0.25, 0.3) is 0 Å². The van der Waals surface area contributed by atoms with Gasteiger partial charge in [-0.1, -0.05) is 36.4 Å². The van der Waals surface area contributed by atoms with Crippen molar-refractivity contribution in [2.75, 3.05) is 31.1 Å². The summed E-state index contributed by atoms with van der Waals surface area (Å²) in [5, 5.41) is 9.50. The van der Waals surface area contributed by atoms with E-state index in [-0.39, 0.29) is 6.04 Å². The molecule has 106 valence electrons. The number of hydrogen-bond acceptors (Lipinski definition) is 4. The first-order valence-electron chi connectivity index (χ1n) is 7.23. The van der Waals surface area contributed by atoms with Crippen LogP contribution in [0, 0.1) is 11.3 Å². The lowest BCUT2D eigenvalue weighted by atomic mass is 10.1. The van der Waals surface area contributed by atoms with Gasteiger partial charge in [0.2, 0.25) is 0 Å². The van der Waals surface area contributed by atoms with Crippen LogP contribution in [0.1, 0.15) is 11.6 Å². The molecule has 0 amide bonds. The van der Waals surface area contributed by atoms with Gasteiger partial charge in [-0.3, -0.25) is 4.90 Å². The predicted molar refractivity (Wildman–Crippen MR) is 82.8 cm³/mol. The van der Waals surface area contributed by atoms with Crippen molar-refractivity contribution in [1.29, 1.82) is 5.26 Å². The van der Waals surface area contributed by atoms with Crippen molar-refractivity contribution < 1.29 is 0 Å². The van der Waals surface area contributed by atoms with Gasteiger partial charge < -0.3 is 4.90 Å². The molecule has 21 heavy (non-hydrogen) atoms. The van der Waals surface area contributed by atoms with E-state index in [0.717, 1.165) is 37.6 Å². The number of rotatable bonds is 3. The Balaban J connectivity index is 1.67. The molecule has 1 aliphatic heterocycles. The maximum Gasteiger partial charge on any atom is 0.128 e. The predicted octanol–water partition coefficient (Wildman–Crippen LogP) is 2.47. The van der Waals surface area contributed by atoms with E-state index in [1.165, 1.54) is 0 Å². The number of pyridine rings is 1. The van der Waals surface area contributed by atoms with Crippen LogP contribution in [0.5, 0.6) is 0 Å². The zero-order valence-electron chi connectivity index (χ0n) is 11.9. The molecule has 0 bridgehead atoms. The van der Waals surface area contributed by atoms with Crippen LogP contribution in [0.3, 0.4) is 0 Å². The molecule has 3 rings (SSSR count). The maximum atomic E-state index is 9.50. The lowest BCUT2D eigenvalue weighted by Crippen LogP contribution is -2.47. The van der Waals surface area contributed by atoms with Crippen LogP contribution in [0.4, 0.5) is 5.82 Å². The lowest BCUT2D eigenvalue weighted by molar-refractivity contribution is 0.222. The lowest BCUT2D eigenvalue weighted by Gasteiger charge is -2.37. The van der Waals surface area contributed by atoms with E-state index in [4.69, 9.17) is 0 Å². The monoisotopic (exact) mass is 278 g/mol. The first-order chi connectivity index (χ1) is 10.4. The Hall–Kier alpha value is -2.38. The molecule has 0 saturated carbocycles. The molecule has 1 aliphatic rings. The molecule has 1 saturated heterocycles. The number of nitriles is 1. The number of anilines is 1. The van der Waals surface area contributed by atoms with E-state index < -0.39 is 0 Å². The molecule has 0 N–H and O–H groups in total. The molecular weight excluding hydrogens is 260 g/mol. The molecule has 1 unspecified atom stereocenters. The molecule has 2 aromatic rings. The van der Waals surface area contributed by atoms with Gasteiger partial charge in [-0.25, -0.2) is 4.98 Å². The van der Waals surface area contributed by atoms with E-state index in [1.54, 1.807) is 0 Å². The third-order valence-corrected chi connectivity index (χ3v) is 3.89. The van der Waals surface area contributed by atoms with Gasteiger partial charge in [-0.2, -0.15) is 5.26 Å². The zero-order chi connectivity index (χ0) is 14.5. The van der Waals surface area contributed by atoms with Crippen LogP contribution < -0.4 is 4.90 Å². The van der Waals surface area contributed by atoms with E-state index in [0.29, 0.717) is 0 Å². The second-order valence-electron chi connectivity index (χ2n) is 5.15. The van der Waals surface area contributed by atoms with E-state index in [2.05, 4.69) is 20.9 Å². The molecule has 0 radical (unpaired) electrons. The summed E-state index contributed by atoms with van der Waals surface area (Å²) in [5.41, 5.74) is 1.08. The fourth-order valence-electron chi connectivity index (χ4n) is 2.75. The van der Waals surface area contributed by atoms with Gasteiger partial charge in [-0.15, -0.1) is 0 Å². The minimum absolute atomic E-state index is 0.155. The van der Waals surface area contributed by atoms with Gasteiger partial charge in [-0.05, 0) is 17.7 Å². The molecule has 1 aromatic heterocycles.